The van der Waals surface area contributed by atoms with Gasteiger partial charge < -0.3 is 9.47 Å². The molecule has 0 bridgehead atoms. The van der Waals surface area contributed by atoms with Gasteiger partial charge in [-0.2, -0.15) is 0 Å². The first-order chi connectivity index (χ1) is 8.61. The van der Waals surface area contributed by atoms with Gasteiger partial charge in [0, 0.05) is 10.6 Å². The lowest BCUT2D eigenvalue weighted by molar-refractivity contribution is -0.168. The normalized spacial score (nSPS) is 18.1. The van der Waals surface area contributed by atoms with Crippen LogP contribution in [0.4, 0.5) is 0 Å². The first-order valence-corrected chi connectivity index (χ1v) is 5.86. The number of hydrogen-bond donors (Lipinski definition) is 0. The van der Waals surface area contributed by atoms with Crippen LogP contribution in [0.15, 0.2) is 30.0 Å². The molecule has 0 radical (unpaired) electrons. The monoisotopic (exact) mass is 266 g/mol. The maximum absolute atomic E-state index is 11.6. The fourth-order valence-corrected chi connectivity index (χ4v) is 1.85. The van der Waals surface area contributed by atoms with E-state index in [2.05, 4.69) is 4.74 Å². The number of ether oxygens (including phenoxy) is 2. The van der Waals surface area contributed by atoms with Gasteiger partial charge in [0.2, 0.25) is 5.76 Å². The summed E-state index contributed by atoms with van der Waals surface area (Å²) in [5.41, 5.74) is 1.52. The van der Waals surface area contributed by atoms with Crippen LogP contribution in [0.25, 0.3) is 5.57 Å². The van der Waals surface area contributed by atoms with E-state index in [0.717, 1.165) is 5.56 Å². The molecule has 1 heterocycles. The molecule has 18 heavy (non-hydrogen) atoms. The number of esters is 2. The lowest BCUT2D eigenvalue weighted by atomic mass is 10.0. The molecular weight excluding hydrogens is 256 g/mol. The Hall–Kier alpha value is -1.81. The maximum atomic E-state index is 11.6. The minimum absolute atomic E-state index is 0.0967. The van der Waals surface area contributed by atoms with Gasteiger partial charge in [0.25, 0.3) is 0 Å². The van der Waals surface area contributed by atoms with Crippen molar-refractivity contribution in [3.05, 3.63) is 40.6 Å². The molecule has 0 aliphatic carbocycles. The minimum Gasteiger partial charge on any atom is -0.474 e. The van der Waals surface area contributed by atoms with Crippen molar-refractivity contribution in [2.24, 2.45) is 0 Å². The second kappa shape index (κ2) is 5.23. The van der Waals surface area contributed by atoms with Crippen LogP contribution in [-0.2, 0) is 19.1 Å². The van der Waals surface area contributed by atoms with Gasteiger partial charge in [0.05, 0.1) is 0 Å². The van der Waals surface area contributed by atoms with E-state index in [1.54, 1.807) is 24.3 Å². The number of carbonyl (C=O) groups excluding carboxylic acids is 2. The van der Waals surface area contributed by atoms with Gasteiger partial charge in [-0.1, -0.05) is 30.7 Å². The molecule has 1 fully saturated rings. The minimum atomic E-state index is -0.738. The van der Waals surface area contributed by atoms with Crippen LogP contribution in [0.2, 0.25) is 5.02 Å². The Morgan fingerprint density at radius 3 is 2.50 bits per heavy atom. The van der Waals surface area contributed by atoms with E-state index >= 15 is 0 Å². The SMILES string of the molecule is CC/C(=C1/OCC(=O)OC1=O)c1ccc(Cl)cc1. The average molecular weight is 267 g/mol. The van der Waals surface area contributed by atoms with Crippen molar-refractivity contribution >= 4 is 29.1 Å². The molecule has 0 amide bonds. The number of cyclic esters (lactones) is 2. The largest absolute Gasteiger partial charge is 0.474 e. The van der Waals surface area contributed by atoms with E-state index in [0.29, 0.717) is 17.0 Å². The summed E-state index contributed by atoms with van der Waals surface area (Å²) in [6, 6.07) is 7.04. The Kier molecular flexibility index (Phi) is 3.67. The van der Waals surface area contributed by atoms with Gasteiger partial charge >= 0.3 is 11.9 Å². The van der Waals surface area contributed by atoms with Gasteiger partial charge in [-0.3, -0.25) is 0 Å². The third-order valence-corrected chi connectivity index (χ3v) is 2.80. The third-order valence-electron chi connectivity index (χ3n) is 2.55. The molecule has 0 aromatic heterocycles. The van der Waals surface area contributed by atoms with Crippen molar-refractivity contribution in [2.75, 3.05) is 6.61 Å². The van der Waals surface area contributed by atoms with Crippen LogP contribution in [-0.4, -0.2) is 18.5 Å². The van der Waals surface area contributed by atoms with E-state index in [9.17, 15) is 9.59 Å². The highest BCUT2D eigenvalue weighted by molar-refractivity contribution is 6.30. The van der Waals surface area contributed by atoms with E-state index in [-0.39, 0.29) is 12.4 Å². The molecule has 0 saturated carbocycles. The Labute approximate surface area is 109 Å². The van der Waals surface area contributed by atoms with Gasteiger partial charge in [-0.05, 0) is 24.1 Å². The van der Waals surface area contributed by atoms with Crippen LogP contribution in [0, 0.1) is 0 Å². The van der Waals surface area contributed by atoms with Crippen molar-refractivity contribution in [1.82, 2.24) is 0 Å². The smallest absolute Gasteiger partial charge is 0.381 e. The van der Waals surface area contributed by atoms with E-state index < -0.39 is 11.9 Å². The highest BCUT2D eigenvalue weighted by Gasteiger charge is 2.27. The summed E-state index contributed by atoms with van der Waals surface area (Å²) in [6.45, 7) is 1.65. The molecule has 94 valence electrons. The number of carbonyl (C=O) groups is 2. The number of rotatable bonds is 2. The lowest BCUT2D eigenvalue weighted by Gasteiger charge is -2.18. The van der Waals surface area contributed by atoms with E-state index in [1.807, 2.05) is 6.92 Å². The van der Waals surface area contributed by atoms with Crippen LogP contribution in [0.5, 0.6) is 0 Å². The summed E-state index contributed by atoms with van der Waals surface area (Å²) in [6.07, 6.45) is 0.584. The molecule has 5 heteroatoms. The van der Waals surface area contributed by atoms with Gasteiger partial charge in [0.1, 0.15) is 0 Å². The molecule has 0 spiro atoms. The zero-order chi connectivity index (χ0) is 13.1. The highest BCUT2D eigenvalue weighted by atomic mass is 35.5. The molecule has 1 aromatic carbocycles. The van der Waals surface area contributed by atoms with Crippen LogP contribution < -0.4 is 0 Å². The first-order valence-electron chi connectivity index (χ1n) is 5.48. The number of halogens is 1. The summed E-state index contributed by atoms with van der Waals surface area (Å²) >= 11 is 5.81. The Morgan fingerprint density at radius 1 is 1.28 bits per heavy atom. The molecule has 1 saturated heterocycles. The quantitative estimate of drug-likeness (QED) is 0.469. The highest BCUT2D eigenvalue weighted by Crippen LogP contribution is 2.26. The molecule has 0 unspecified atom stereocenters. The van der Waals surface area contributed by atoms with Crippen LogP contribution >= 0.6 is 11.6 Å². The molecule has 1 aromatic rings. The standard InChI is InChI=1S/C13H11ClO4/c1-2-10(8-3-5-9(14)6-4-8)12-13(16)18-11(15)7-17-12/h3-6H,2,7H2,1H3/b12-10-. The Morgan fingerprint density at radius 2 is 1.94 bits per heavy atom. The Bertz CT molecular complexity index is 516. The van der Waals surface area contributed by atoms with Crippen molar-refractivity contribution in [2.45, 2.75) is 13.3 Å². The third kappa shape index (κ3) is 2.54. The molecule has 1 aliphatic heterocycles. The zero-order valence-corrected chi connectivity index (χ0v) is 10.5. The van der Waals surface area contributed by atoms with Gasteiger partial charge in [-0.25, -0.2) is 9.59 Å². The summed E-state index contributed by atoms with van der Waals surface area (Å²) in [5.74, 6) is -1.31. The fraction of sp³-hybridized carbons (Fsp3) is 0.231. The predicted octanol–water partition coefficient (Wildman–Crippen LogP) is 2.56. The summed E-state index contributed by atoms with van der Waals surface area (Å²) in [7, 11) is 0. The number of hydrogen-bond acceptors (Lipinski definition) is 4. The van der Waals surface area contributed by atoms with Gasteiger partial charge in [-0.15, -0.1) is 0 Å². The summed E-state index contributed by atoms with van der Waals surface area (Å²) in [5, 5.41) is 0.613. The predicted molar refractivity (Wildman–Crippen MR) is 65.7 cm³/mol. The molecule has 4 nitrogen and oxygen atoms in total. The Balaban J connectivity index is 2.40. The molecule has 0 N–H and O–H groups in total. The summed E-state index contributed by atoms with van der Waals surface area (Å²) < 4.78 is 9.70. The van der Waals surface area contributed by atoms with E-state index in [1.165, 1.54) is 0 Å². The van der Waals surface area contributed by atoms with Crippen molar-refractivity contribution in [3.8, 4) is 0 Å². The lowest BCUT2D eigenvalue weighted by Crippen LogP contribution is -2.27. The molecule has 1 aliphatic rings. The molecular formula is C13H11ClO4. The zero-order valence-electron chi connectivity index (χ0n) is 9.73. The number of allylic oxidation sites excluding steroid dienone is 1. The molecule has 2 rings (SSSR count). The second-order valence-corrected chi connectivity index (χ2v) is 4.15. The number of benzene rings is 1. The van der Waals surface area contributed by atoms with Gasteiger partial charge in [0.15, 0.2) is 6.61 Å². The maximum Gasteiger partial charge on any atom is 0.381 e. The van der Waals surface area contributed by atoms with Crippen LogP contribution in [0.3, 0.4) is 0 Å². The summed E-state index contributed by atoms with van der Waals surface area (Å²) in [4.78, 5) is 22.5. The topological polar surface area (TPSA) is 52.6 Å². The molecule has 0 atom stereocenters. The average Bonchev–Trinajstić information content (AvgIpc) is 2.35. The van der Waals surface area contributed by atoms with Crippen LogP contribution in [0.1, 0.15) is 18.9 Å². The fourth-order valence-electron chi connectivity index (χ4n) is 1.73. The second-order valence-electron chi connectivity index (χ2n) is 3.72. The van der Waals surface area contributed by atoms with Crippen molar-refractivity contribution < 1.29 is 19.1 Å². The van der Waals surface area contributed by atoms with E-state index in [4.69, 9.17) is 16.3 Å². The van der Waals surface area contributed by atoms with Crippen molar-refractivity contribution in [1.29, 1.82) is 0 Å². The first kappa shape index (κ1) is 12.6. The van der Waals surface area contributed by atoms with Crippen molar-refractivity contribution in [3.63, 3.8) is 0 Å².